The normalized spacial score (nSPS) is 15.5. The molecule has 0 bridgehead atoms. The van der Waals surface area contributed by atoms with Crippen LogP contribution < -0.4 is 0 Å². The highest BCUT2D eigenvalue weighted by Crippen LogP contribution is 2.11. The van der Waals surface area contributed by atoms with Crippen molar-refractivity contribution in [1.82, 2.24) is 5.01 Å². The number of carbonyl (C=O) groups is 1. The van der Waals surface area contributed by atoms with Gasteiger partial charge < -0.3 is 0 Å². The van der Waals surface area contributed by atoms with Crippen molar-refractivity contribution in [3.63, 3.8) is 0 Å². The molecule has 3 heteroatoms. The molecule has 0 radical (unpaired) electrons. The smallest absolute Gasteiger partial charge is 0.267 e. The molecule has 3 nitrogen and oxygen atoms in total. The van der Waals surface area contributed by atoms with Gasteiger partial charge in [0.2, 0.25) is 0 Å². The van der Waals surface area contributed by atoms with E-state index < -0.39 is 0 Å². The van der Waals surface area contributed by atoms with Gasteiger partial charge in [-0.3, -0.25) is 4.79 Å². The van der Waals surface area contributed by atoms with Gasteiger partial charge in [0, 0.05) is 17.7 Å². The number of amides is 1. The molecule has 72 valence electrons. The maximum Gasteiger partial charge on any atom is 0.273 e. The summed E-state index contributed by atoms with van der Waals surface area (Å²) in [4.78, 5) is 11.8. The topological polar surface area (TPSA) is 32.7 Å². The van der Waals surface area contributed by atoms with E-state index in [2.05, 4.69) is 5.10 Å². The van der Waals surface area contributed by atoms with Crippen molar-refractivity contribution in [2.45, 2.75) is 13.3 Å². The van der Waals surface area contributed by atoms with Crippen molar-refractivity contribution in [2.75, 3.05) is 6.54 Å². The average molecular weight is 188 g/mol. The zero-order chi connectivity index (χ0) is 9.97. The van der Waals surface area contributed by atoms with Gasteiger partial charge in [-0.15, -0.1) is 0 Å². The highest BCUT2D eigenvalue weighted by atomic mass is 16.2. The van der Waals surface area contributed by atoms with Crippen LogP contribution in [0.5, 0.6) is 0 Å². The fourth-order valence-corrected chi connectivity index (χ4v) is 1.45. The summed E-state index contributed by atoms with van der Waals surface area (Å²) < 4.78 is 0. The van der Waals surface area contributed by atoms with Gasteiger partial charge in [0.05, 0.1) is 6.54 Å². The van der Waals surface area contributed by atoms with Gasteiger partial charge in [0.15, 0.2) is 0 Å². The predicted octanol–water partition coefficient (Wildman–Crippen LogP) is 1.91. The third kappa shape index (κ3) is 1.66. The van der Waals surface area contributed by atoms with E-state index in [0.29, 0.717) is 12.1 Å². The third-order valence-corrected chi connectivity index (χ3v) is 2.23. The molecular formula is C11H12N2O. The van der Waals surface area contributed by atoms with E-state index in [0.717, 1.165) is 12.1 Å². The number of benzene rings is 1. The minimum absolute atomic E-state index is 0.0116. The summed E-state index contributed by atoms with van der Waals surface area (Å²) >= 11 is 0. The zero-order valence-corrected chi connectivity index (χ0v) is 8.10. The van der Waals surface area contributed by atoms with E-state index in [-0.39, 0.29) is 5.91 Å². The number of hydrogen-bond donors (Lipinski definition) is 0. The molecule has 0 N–H and O–H groups in total. The molecule has 1 aliphatic heterocycles. The monoisotopic (exact) mass is 188 g/mol. The third-order valence-electron chi connectivity index (χ3n) is 2.23. The first-order valence-corrected chi connectivity index (χ1v) is 4.68. The average Bonchev–Trinajstić information content (AvgIpc) is 2.65. The molecule has 0 atom stereocenters. The fourth-order valence-electron chi connectivity index (χ4n) is 1.45. The van der Waals surface area contributed by atoms with E-state index in [1.54, 1.807) is 0 Å². The Morgan fingerprint density at radius 3 is 2.64 bits per heavy atom. The standard InChI is InChI=1S/C11H12N2O/c1-9-7-8-13(12-9)11(14)10-5-3-2-4-6-10/h2-6H,7-8H2,1H3. The Hall–Kier alpha value is -1.64. The number of nitrogens with zero attached hydrogens (tertiary/aromatic N) is 2. The maximum atomic E-state index is 11.8. The van der Waals surface area contributed by atoms with Gasteiger partial charge in [0.25, 0.3) is 5.91 Å². The zero-order valence-electron chi connectivity index (χ0n) is 8.10. The summed E-state index contributed by atoms with van der Waals surface area (Å²) in [6, 6.07) is 9.24. The van der Waals surface area contributed by atoms with Crippen LogP contribution in [0.25, 0.3) is 0 Å². The lowest BCUT2D eigenvalue weighted by molar-refractivity contribution is 0.0778. The van der Waals surface area contributed by atoms with Crippen LogP contribution in [0.4, 0.5) is 0 Å². The van der Waals surface area contributed by atoms with Crippen LogP contribution in [0.15, 0.2) is 35.4 Å². The van der Waals surface area contributed by atoms with Crippen molar-refractivity contribution in [2.24, 2.45) is 5.10 Å². The van der Waals surface area contributed by atoms with Crippen LogP contribution in [0.1, 0.15) is 23.7 Å². The summed E-state index contributed by atoms with van der Waals surface area (Å²) in [6.45, 7) is 2.65. The molecule has 0 aromatic heterocycles. The Bertz CT molecular complexity index is 370. The SMILES string of the molecule is CC1=NN(C(=O)c2ccccc2)CC1. The minimum Gasteiger partial charge on any atom is -0.267 e. The molecule has 14 heavy (non-hydrogen) atoms. The largest absolute Gasteiger partial charge is 0.273 e. The summed E-state index contributed by atoms with van der Waals surface area (Å²) in [5.41, 5.74) is 1.72. The van der Waals surface area contributed by atoms with E-state index >= 15 is 0 Å². The first-order valence-electron chi connectivity index (χ1n) is 4.68. The molecule has 0 fully saturated rings. The molecule has 1 aromatic rings. The second-order valence-corrected chi connectivity index (χ2v) is 3.38. The number of hydrogen-bond acceptors (Lipinski definition) is 2. The lowest BCUT2D eigenvalue weighted by atomic mass is 10.2. The quantitative estimate of drug-likeness (QED) is 0.662. The van der Waals surface area contributed by atoms with Crippen LogP contribution in [-0.4, -0.2) is 23.2 Å². The number of rotatable bonds is 1. The van der Waals surface area contributed by atoms with Gasteiger partial charge >= 0.3 is 0 Å². The van der Waals surface area contributed by atoms with E-state index in [9.17, 15) is 4.79 Å². The second kappa shape index (κ2) is 3.62. The minimum atomic E-state index is -0.0116. The molecule has 0 spiro atoms. The van der Waals surface area contributed by atoms with E-state index in [1.807, 2.05) is 37.3 Å². The number of carbonyl (C=O) groups excluding carboxylic acids is 1. The highest BCUT2D eigenvalue weighted by molar-refractivity contribution is 5.96. The van der Waals surface area contributed by atoms with Crippen molar-refractivity contribution in [1.29, 1.82) is 0 Å². The maximum absolute atomic E-state index is 11.8. The highest BCUT2D eigenvalue weighted by Gasteiger charge is 2.19. The van der Waals surface area contributed by atoms with Crippen molar-refractivity contribution < 1.29 is 4.79 Å². The second-order valence-electron chi connectivity index (χ2n) is 3.38. The molecule has 0 saturated heterocycles. The molecule has 1 heterocycles. The van der Waals surface area contributed by atoms with Gasteiger partial charge in [-0.05, 0) is 19.1 Å². The number of hydrazone groups is 1. The Labute approximate surface area is 83.0 Å². The summed E-state index contributed by atoms with van der Waals surface area (Å²) in [5, 5.41) is 5.70. The predicted molar refractivity (Wildman–Crippen MR) is 55.2 cm³/mol. The van der Waals surface area contributed by atoms with E-state index in [4.69, 9.17) is 0 Å². The lowest BCUT2D eigenvalue weighted by Crippen LogP contribution is -2.23. The van der Waals surface area contributed by atoms with Crippen molar-refractivity contribution in [3.05, 3.63) is 35.9 Å². The Morgan fingerprint density at radius 1 is 1.36 bits per heavy atom. The Morgan fingerprint density at radius 2 is 2.07 bits per heavy atom. The van der Waals surface area contributed by atoms with Crippen LogP contribution >= 0.6 is 0 Å². The molecule has 2 rings (SSSR count). The van der Waals surface area contributed by atoms with Gasteiger partial charge in [-0.25, -0.2) is 5.01 Å². The molecule has 0 aliphatic carbocycles. The van der Waals surface area contributed by atoms with Crippen molar-refractivity contribution >= 4 is 11.6 Å². The van der Waals surface area contributed by atoms with Crippen LogP contribution in [0.2, 0.25) is 0 Å². The molecule has 1 aromatic carbocycles. The van der Waals surface area contributed by atoms with Crippen LogP contribution in [0.3, 0.4) is 0 Å². The summed E-state index contributed by atoms with van der Waals surface area (Å²) in [6.07, 6.45) is 0.887. The van der Waals surface area contributed by atoms with Crippen LogP contribution in [0, 0.1) is 0 Å². The van der Waals surface area contributed by atoms with Gasteiger partial charge in [-0.2, -0.15) is 5.10 Å². The van der Waals surface area contributed by atoms with Gasteiger partial charge in [0.1, 0.15) is 0 Å². The van der Waals surface area contributed by atoms with Gasteiger partial charge in [-0.1, -0.05) is 18.2 Å². The van der Waals surface area contributed by atoms with E-state index in [1.165, 1.54) is 5.01 Å². The Balaban J connectivity index is 2.18. The lowest BCUT2D eigenvalue weighted by Gasteiger charge is -2.10. The Kier molecular flexibility index (Phi) is 2.31. The molecule has 0 unspecified atom stereocenters. The molecule has 1 amide bonds. The molecule has 0 saturated carbocycles. The van der Waals surface area contributed by atoms with Crippen molar-refractivity contribution in [3.8, 4) is 0 Å². The summed E-state index contributed by atoms with van der Waals surface area (Å²) in [7, 11) is 0. The molecular weight excluding hydrogens is 176 g/mol. The molecule has 1 aliphatic rings. The van der Waals surface area contributed by atoms with Crippen LogP contribution in [-0.2, 0) is 0 Å². The fraction of sp³-hybridized carbons (Fsp3) is 0.273. The summed E-state index contributed by atoms with van der Waals surface area (Å²) in [5.74, 6) is -0.0116. The first kappa shape index (κ1) is 8.94. The first-order chi connectivity index (χ1) is 6.77.